The highest BCUT2D eigenvalue weighted by Gasteiger charge is 2.11. The monoisotopic (exact) mass is 403 g/mol. The van der Waals surface area contributed by atoms with Gasteiger partial charge in [0.1, 0.15) is 6.33 Å². The molecule has 30 heavy (non-hydrogen) atoms. The average Bonchev–Trinajstić information content (AvgIpc) is 3.19. The molecule has 7 nitrogen and oxygen atoms in total. The van der Waals surface area contributed by atoms with Crippen LogP contribution in [-0.4, -0.2) is 36.7 Å². The Bertz CT molecular complexity index is 1350. The highest BCUT2D eigenvalue weighted by Crippen LogP contribution is 2.27. The SMILES string of the molecule is FC1=CCC=C(CNc2ncc3cc(-c4ncnc5[nH]ncc45)ccc3n2)C=C1F. The van der Waals surface area contributed by atoms with Crippen molar-refractivity contribution < 1.29 is 8.78 Å². The summed E-state index contributed by atoms with van der Waals surface area (Å²) in [5.41, 5.74) is 3.72. The molecule has 0 amide bonds. The lowest BCUT2D eigenvalue weighted by molar-refractivity contribution is 0.543. The van der Waals surface area contributed by atoms with Crippen molar-refractivity contribution in [2.24, 2.45) is 0 Å². The summed E-state index contributed by atoms with van der Waals surface area (Å²) in [6.07, 6.45) is 9.37. The lowest BCUT2D eigenvalue weighted by Gasteiger charge is -2.08. The number of rotatable bonds is 4. The molecule has 1 aliphatic rings. The molecule has 3 aromatic heterocycles. The number of nitrogens with one attached hydrogen (secondary N) is 2. The van der Waals surface area contributed by atoms with E-state index in [4.69, 9.17) is 0 Å². The second kappa shape index (κ2) is 7.43. The summed E-state index contributed by atoms with van der Waals surface area (Å²) in [7, 11) is 0. The smallest absolute Gasteiger partial charge is 0.223 e. The van der Waals surface area contributed by atoms with Crippen LogP contribution in [0, 0.1) is 0 Å². The number of H-pyrrole nitrogens is 1. The molecule has 0 saturated heterocycles. The van der Waals surface area contributed by atoms with Crippen LogP contribution < -0.4 is 5.32 Å². The van der Waals surface area contributed by atoms with Gasteiger partial charge in [-0.3, -0.25) is 5.10 Å². The van der Waals surface area contributed by atoms with Crippen LogP contribution >= 0.6 is 0 Å². The Balaban J connectivity index is 1.39. The fourth-order valence-corrected chi connectivity index (χ4v) is 3.27. The van der Waals surface area contributed by atoms with Crippen molar-refractivity contribution >= 4 is 27.9 Å². The molecule has 0 spiro atoms. The summed E-state index contributed by atoms with van der Waals surface area (Å²) >= 11 is 0. The zero-order valence-corrected chi connectivity index (χ0v) is 15.6. The van der Waals surface area contributed by atoms with Crippen molar-refractivity contribution in [1.82, 2.24) is 30.1 Å². The number of aromatic nitrogens is 6. The molecule has 0 atom stereocenters. The fourth-order valence-electron chi connectivity index (χ4n) is 3.27. The number of allylic oxidation sites excluding steroid dienone is 4. The molecule has 0 bridgehead atoms. The number of hydrogen-bond acceptors (Lipinski definition) is 6. The second-order valence-corrected chi connectivity index (χ2v) is 6.73. The highest BCUT2D eigenvalue weighted by atomic mass is 19.2. The van der Waals surface area contributed by atoms with Gasteiger partial charge < -0.3 is 5.32 Å². The van der Waals surface area contributed by atoms with Crippen LogP contribution in [0.4, 0.5) is 14.7 Å². The van der Waals surface area contributed by atoms with E-state index >= 15 is 0 Å². The Labute approximate surface area is 169 Å². The Hall–Kier alpha value is -4.01. The van der Waals surface area contributed by atoms with E-state index in [1.54, 1.807) is 18.5 Å². The largest absolute Gasteiger partial charge is 0.350 e. The van der Waals surface area contributed by atoms with Gasteiger partial charge in [-0.15, -0.1) is 0 Å². The molecule has 0 aliphatic heterocycles. The normalized spacial score (nSPS) is 14.3. The zero-order chi connectivity index (χ0) is 20.5. The minimum absolute atomic E-state index is 0.289. The highest BCUT2D eigenvalue weighted by molar-refractivity contribution is 5.93. The van der Waals surface area contributed by atoms with Crippen molar-refractivity contribution in [3.05, 3.63) is 72.4 Å². The van der Waals surface area contributed by atoms with Gasteiger partial charge in [0.25, 0.3) is 0 Å². The van der Waals surface area contributed by atoms with Gasteiger partial charge in [0.05, 0.1) is 22.8 Å². The summed E-state index contributed by atoms with van der Waals surface area (Å²) in [6.45, 7) is 0.289. The molecule has 2 N–H and O–H groups in total. The number of nitrogens with zero attached hydrogens (tertiary/aromatic N) is 5. The zero-order valence-electron chi connectivity index (χ0n) is 15.6. The number of fused-ring (bicyclic) bond motifs is 2. The summed E-state index contributed by atoms with van der Waals surface area (Å²) in [4.78, 5) is 17.4. The minimum Gasteiger partial charge on any atom is -0.350 e. The molecular formula is C21H15F2N7. The molecule has 3 heterocycles. The third-order valence-electron chi connectivity index (χ3n) is 4.77. The van der Waals surface area contributed by atoms with Crippen LogP contribution in [0.15, 0.2) is 72.4 Å². The van der Waals surface area contributed by atoms with Crippen LogP contribution in [0.1, 0.15) is 6.42 Å². The van der Waals surface area contributed by atoms with Crippen LogP contribution in [0.5, 0.6) is 0 Å². The molecule has 0 radical (unpaired) electrons. The topological polar surface area (TPSA) is 92.3 Å². The van der Waals surface area contributed by atoms with E-state index in [1.807, 2.05) is 18.2 Å². The first kappa shape index (κ1) is 18.0. The first-order valence-corrected chi connectivity index (χ1v) is 9.25. The van der Waals surface area contributed by atoms with Gasteiger partial charge in [0.15, 0.2) is 17.3 Å². The van der Waals surface area contributed by atoms with E-state index in [1.165, 1.54) is 18.5 Å². The Kier molecular flexibility index (Phi) is 4.47. The number of aromatic amines is 1. The number of anilines is 1. The van der Waals surface area contributed by atoms with Gasteiger partial charge in [0, 0.05) is 23.7 Å². The van der Waals surface area contributed by atoms with E-state index in [2.05, 4.69) is 35.5 Å². The molecule has 148 valence electrons. The van der Waals surface area contributed by atoms with E-state index in [0.29, 0.717) is 23.6 Å². The van der Waals surface area contributed by atoms with E-state index in [-0.39, 0.29) is 6.54 Å². The van der Waals surface area contributed by atoms with Crippen LogP contribution in [0.2, 0.25) is 0 Å². The maximum Gasteiger partial charge on any atom is 0.223 e. The molecule has 5 rings (SSSR count). The van der Waals surface area contributed by atoms with Crippen LogP contribution in [-0.2, 0) is 0 Å². The fraction of sp³-hybridized carbons (Fsp3) is 0.0952. The maximum absolute atomic E-state index is 13.6. The molecule has 9 heteroatoms. The summed E-state index contributed by atoms with van der Waals surface area (Å²) in [5.74, 6) is -1.30. The standard InChI is InChI=1S/C21H15F2N7/c22-16-3-1-2-12(6-17(16)23)8-24-21-25-9-14-7-13(4-5-18(14)29-21)19-15-10-28-30-20(15)27-11-26-19/h2-7,9-11H,1,8H2,(H,24,25,29)(H,26,27,28,30). The van der Waals surface area contributed by atoms with Crippen molar-refractivity contribution in [2.75, 3.05) is 11.9 Å². The van der Waals surface area contributed by atoms with Crippen LogP contribution in [0.3, 0.4) is 0 Å². The third-order valence-corrected chi connectivity index (χ3v) is 4.77. The molecule has 1 aliphatic carbocycles. The molecule has 0 saturated carbocycles. The summed E-state index contributed by atoms with van der Waals surface area (Å²) in [5, 5.41) is 11.6. The van der Waals surface area contributed by atoms with E-state index < -0.39 is 11.7 Å². The van der Waals surface area contributed by atoms with Crippen molar-refractivity contribution in [3.8, 4) is 11.3 Å². The molecule has 4 aromatic rings. The van der Waals surface area contributed by atoms with Crippen molar-refractivity contribution in [2.45, 2.75) is 6.42 Å². The second-order valence-electron chi connectivity index (χ2n) is 6.73. The van der Waals surface area contributed by atoms with Gasteiger partial charge in [0.2, 0.25) is 5.95 Å². The molecule has 1 aromatic carbocycles. The van der Waals surface area contributed by atoms with E-state index in [9.17, 15) is 8.78 Å². The quantitative estimate of drug-likeness (QED) is 0.524. The number of halogens is 2. The van der Waals surface area contributed by atoms with Gasteiger partial charge in [-0.1, -0.05) is 12.1 Å². The van der Waals surface area contributed by atoms with Gasteiger partial charge in [-0.05, 0) is 36.3 Å². The van der Waals surface area contributed by atoms with Gasteiger partial charge in [-0.25, -0.2) is 28.7 Å². The van der Waals surface area contributed by atoms with Gasteiger partial charge >= 0.3 is 0 Å². The molecular weight excluding hydrogens is 388 g/mol. The summed E-state index contributed by atoms with van der Waals surface area (Å²) < 4.78 is 26.9. The Morgan fingerprint density at radius 2 is 1.97 bits per heavy atom. The van der Waals surface area contributed by atoms with Crippen molar-refractivity contribution in [3.63, 3.8) is 0 Å². The predicted molar refractivity (Wildman–Crippen MR) is 110 cm³/mol. The summed E-state index contributed by atoms with van der Waals surface area (Å²) in [6, 6.07) is 5.76. The molecule has 0 unspecified atom stereocenters. The lowest BCUT2D eigenvalue weighted by Crippen LogP contribution is -2.07. The first-order valence-electron chi connectivity index (χ1n) is 9.25. The lowest BCUT2D eigenvalue weighted by atomic mass is 10.1. The molecule has 0 fully saturated rings. The first-order chi connectivity index (χ1) is 14.7. The van der Waals surface area contributed by atoms with Crippen LogP contribution in [0.25, 0.3) is 33.2 Å². The van der Waals surface area contributed by atoms with Gasteiger partial charge in [-0.2, -0.15) is 5.10 Å². The predicted octanol–water partition coefficient (Wildman–Crippen LogP) is 4.41. The maximum atomic E-state index is 13.6. The number of benzene rings is 1. The number of hydrogen-bond donors (Lipinski definition) is 2. The Morgan fingerprint density at radius 1 is 1.03 bits per heavy atom. The minimum atomic E-state index is -0.871. The average molecular weight is 403 g/mol. The Morgan fingerprint density at radius 3 is 2.90 bits per heavy atom. The van der Waals surface area contributed by atoms with Crippen molar-refractivity contribution in [1.29, 1.82) is 0 Å². The third kappa shape index (κ3) is 3.41. The van der Waals surface area contributed by atoms with E-state index in [0.717, 1.165) is 27.5 Å².